The van der Waals surface area contributed by atoms with Crippen molar-refractivity contribution in [2.24, 2.45) is 0 Å². The first kappa shape index (κ1) is 16.1. The summed E-state index contributed by atoms with van der Waals surface area (Å²) in [5.41, 5.74) is -2.22. The Kier molecular flexibility index (Phi) is 4.32. The van der Waals surface area contributed by atoms with Crippen LogP contribution >= 0.6 is 0 Å². The molecule has 0 atom stereocenters. The molecular weight excluding hydrogens is 386 g/mol. The van der Waals surface area contributed by atoms with Crippen LogP contribution in [-0.4, -0.2) is 24.5 Å². The molecule has 0 saturated heterocycles. The van der Waals surface area contributed by atoms with Crippen molar-refractivity contribution in [1.82, 2.24) is 0 Å². The Bertz CT molecular complexity index is 940. The van der Waals surface area contributed by atoms with Crippen molar-refractivity contribution in [3.8, 4) is 23.0 Å². The van der Waals surface area contributed by atoms with Gasteiger partial charge in [0.25, 0.3) is 0 Å². The van der Waals surface area contributed by atoms with Crippen LogP contribution in [0.1, 0.15) is 20.0 Å². The fourth-order valence-electron chi connectivity index (χ4n) is 1.93. The lowest BCUT2D eigenvalue weighted by molar-refractivity contribution is -0.274. The van der Waals surface area contributed by atoms with Crippen LogP contribution in [0.2, 0.25) is 0 Å². The van der Waals surface area contributed by atoms with Gasteiger partial charge in [-0.05, 0) is 30.3 Å². The lowest BCUT2D eigenvalue weighted by atomic mass is 10.1. The second-order valence-corrected chi connectivity index (χ2v) is 4.87. The third kappa shape index (κ3) is 5.19. The molecule has 2 aromatic carbocycles. The number of rotatable bonds is 5. The van der Waals surface area contributed by atoms with E-state index in [9.17, 15) is 31.1 Å². The summed E-state index contributed by atoms with van der Waals surface area (Å²) < 4.78 is 110. The molecule has 2 rings (SSSR count). The molecule has 0 spiro atoms. The van der Waals surface area contributed by atoms with Crippen LogP contribution in [0.4, 0.5) is 26.3 Å². The van der Waals surface area contributed by atoms with Gasteiger partial charge in [-0.3, -0.25) is 0 Å². The van der Waals surface area contributed by atoms with Crippen LogP contribution in [0.5, 0.6) is 23.0 Å². The number of hydrogen-bond donors (Lipinski definition) is 1. The molecule has 2 aromatic rings. The van der Waals surface area contributed by atoms with Crippen molar-refractivity contribution in [2.75, 3.05) is 7.04 Å². The van der Waals surface area contributed by atoms with Crippen molar-refractivity contribution < 1.29 is 54.6 Å². The quantitative estimate of drug-likeness (QED) is 0.709. The van der Waals surface area contributed by atoms with Crippen LogP contribution in [0.25, 0.3) is 0 Å². The minimum absolute atomic E-state index is 0.281. The SMILES string of the molecule is [2H]C([2H])([2H])Oc1cc(OC(F)(F)F)ccc1Oc1ccc(C(F)(F)F)cc1C(=O)O. The Morgan fingerprint density at radius 3 is 2.22 bits per heavy atom. The van der Waals surface area contributed by atoms with Crippen LogP contribution in [0.15, 0.2) is 36.4 Å². The van der Waals surface area contributed by atoms with Crippen molar-refractivity contribution in [3.05, 3.63) is 47.5 Å². The Hall–Kier alpha value is -3.11. The second-order valence-electron chi connectivity index (χ2n) is 4.87. The summed E-state index contributed by atoms with van der Waals surface area (Å²) in [4.78, 5) is 11.3. The van der Waals surface area contributed by atoms with E-state index in [0.717, 1.165) is 6.07 Å². The molecule has 0 saturated carbocycles. The van der Waals surface area contributed by atoms with E-state index in [1.165, 1.54) is 0 Å². The van der Waals surface area contributed by atoms with E-state index >= 15 is 0 Å². The first-order chi connectivity index (χ1) is 13.5. The molecule has 0 radical (unpaired) electrons. The van der Waals surface area contributed by atoms with Crippen molar-refractivity contribution in [3.63, 3.8) is 0 Å². The zero-order valence-corrected chi connectivity index (χ0v) is 12.8. The average Bonchev–Trinajstić information content (AvgIpc) is 2.53. The highest BCUT2D eigenvalue weighted by atomic mass is 19.4. The molecule has 0 unspecified atom stereocenters. The molecule has 5 nitrogen and oxygen atoms in total. The largest absolute Gasteiger partial charge is 0.573 e. The molecule has 0 aliphatic rings. The number of halogens is 6. The molecule has 0 aromatic heterocycles. The highest BCUT2D eigenvalue weighted by Crippen LogP contribution is 2.39. The number of carboxylic acid groups (broad SMARTS) is 1. The molecule has 0 amide bonds. The second kappa shape index (κ2) is 7.25. The Balaban J connectivity index is 2.49. The molecule has 0 aliphatic heterocycles. The number of methoxy groups -OCH3 is 1. The number of aromatic carboxylic acids is 1. The van der Waals surface area contributed by atoms with Gasteiger partial charge in [-0.25, -0.2) is 4.79 Å². The van der Waals surface area contributed by atoms with E-state index in [1.54, 1.807) is 0 Å². The van der Waals surface area contributed by atoms with Gasteiger partial charge < -0.3 is 19.3 Å². The summed E-state index contributed by atoms with van der Waals surface area (Å²) >= 11 is 0. The number of ether oxygens (including phenoxy) is 3. The monoisotopic (exact) mass is 399 g/mol. The van der Waals surface area contributed by atoms with Gasteiger partial charge in [0, 0.05) is 6.07 Å². The number of carbonyl (C=O) groups is 1. The summed E-state index contributed by atoms with van der Waals surface area (Å²) in [5.74, 6) is -4.70. The highest BCUT2D eigenvalue weighted by molar-refractivity contribution is 5.91. The maximum Gasteiger partial charge on any atom is 0.573 e. The zero-order chi connectivity index (χ0) is 22.9. The van der Waals surface area contributed by atoms with E-state index in [-0.39, 0.29) is 6.07 Å². The third-order valence-electron chi connectivity index (χ3n) is 3.02. The maximum atomic E-state index is 12.8. The molecule has 0 bridgehead atoms. The van der Waals surface area contributed by atoms with Crippen LogP contribution in [0, 0.1) is 0 Å². The minimum atomic E-state index is -5.11. The topological polar surface area (TPSA) is 65.0 Å². The molecule has 0 fully saturated rings. The zero-order valence-electron chi connectivity index (χ0n) is 15.8. The van der Waals surface area contributed by atoms with E-state index in [2.05, 4.69) is 9.47 Å². The number of benzene rings is 2. The Morgan fingerprint density at radius 2 is 1.67 bits per heavy atom. The predicted molar refractivity (Wildman–Crippen MR) is 78.2 cm³/mol. The first-order valence-electron chi connectivity index (χ1n) is 8.26. The van der Waals surface area contributed by atoms with Crippen molar-refractivity contribution >= 4 is 5.97 Å². The van der Waals surface area contributed by atoms with Crippen LogP contribution in [0.3, 0.4) is 0 Å². The van der Waals surface area contributed by atoms with Gasteiger partial charge >= 0.3 is 18.5 Å². The fourth-order valence-corrected chi connectivity index (χ4v) is 1.93. The third-order valence-corrected chi connectivity index (χ3v) is 3.02. The standard InChI is InChI=1S/C16H10F6O5/c1-25-13-7-9(27-16(20,21)22)3-5-12(13)26-11-4-2-8(15(17,18)19)6-10(11)14(23)24/h2-7H,1H3,(H,23,24)/i1D3. The van der Waals surface area contributed by atoms with E-state index in [0.29, 0.717) is 24.3 Å². The van der Waals surface area contributed by atoms with E-state index < -0.39 is 59.7 Å². The summed E-state index contributed by atoms with van der Waals surface area (Å²) in [6.07, 6.45) is -9.96. The van der Waals surface area contributed by atoms with Gasteiger partial charge in [-0.1, -0.05) is 0 Å². The summed E-state index contributed by atoms with van der Waals surface area (Å²) in [7, 11) is -3.15. The van der Waals surface area contributed by atoms with E-state index in [4.69, 9.17) is 14.0 Å². The van der Waals surface area contributed by atoms with Gasteiger partial charge in [0.1, 0.15) is 17.1 Å². The van der Waals surface area contributed by atoms with Gasteiger partial charge in [0.2, 0.25) is 0 Å². The van der Waals surface area contributed by atoms with Gasteiger partial charge in [-0.2, -0.15) is 13.2 Å². The van der Waals surface area contributed by atoms with E-state index in [1.807, 2.05) is 0 Å². The lowest BCUT2D eigenvalue weighted by Gasteiger charge is -2.15. The summed E-state index contributed by atoms with van der Waals surface area (Å²) in [6, 6.07) is 3.44. The molecule has 0 aliphatic carbocycles. The molecule has 27 heavy (non-hydrogen) atoms. The first-order valence-corrected chi connectivity index (χ1v) is 6.76. The summed E-state index contributed by atoms with van der Waals surface area (Å²) in [5, 5.41) is 9.15. The van der Waals surface area contributed by atoms with Crippen molar-refractivity contribution in [1.29, 1.82) is 0 Å². The number of carboxylic acids is 1. The normalized spacial score (nSPS) is 13.9. The maximum absolute atomic E-state index is 12.8. The van der Waals surface area contributed by atoms with Crippen LogP contribution < -0.4 is 14.2 Å². The van der Waals surface area contributed by atoms with Gasteiger partial charge in [-0.15, -0.1) is 13.2 Å². The minimum Gasteiger partial charge on any atom is -0.493 e. The molecule has 146 valence electrons. The average molecular weight is 399 g/mol. The smallest absolute Gasteiger partial charge is 0.493 e. The lowest BCUT2D eigenvalue weighted by Crippen LogP contribution is -2.17. The predicted octanol–water partition coefficient (Wildman–Crippen LogP) is 5.10. The Morgan fingerprint density at radius 1 is 1.00 bits per heavy atom. The fraction of sp³-hybridized carbons (Fsp3) is 0.188. The summed E-state index contributed by atoms with van der Waals surface area (Å²) in [6.45, 7) is 0. The number of hydrogen-bond acceptors (Lipinski definition) is 4. The molecule has 11 heteroatoms. The van der Waals surface area contributed by atoms with Crippen LogP contribution in [-0.2, 0) is 6.18 Å². The molecule has 1 N–H and O–H groups in total. The van der Waals surface area contributed by atoms with Gasteiger partial charge in [0.05, 0.1) is 16.7 Å². The molecular formula is C16H10F6O5. The number of alkyl halides is 6. The Labute approximate surface area is 151 Å². The van der Waals surface area contributed by atoms with Crippen molar-refractivity contribution in [2.45, 2.75) is 12.5 Å². The highest BCUT2D eigenvalue weighted by Gasteiger charge is 2.33. The van der Waals surface area contributed by atoms with Gasteiger partial charge in [0.15, 0.2) is 11.5 Å². The molecule has 0 heterocycles.